The summed E-state index contributed by atoms with van der Waals surface area (Å²) in [5.41, 5.74) is -0.149. The summed E-state index contributed by atoms with van der Waals surface area (Å²) in [7, 11) is 0. The zero-order chi connectivity index (χ0) is 29.9. The number of alkyl halides is 6. The molecule has 0 saturated heterocycles. The molecule has 0 radical (unpaired) electrons. The number of thiophene rings is 1. The zero-order valence-electron chi connectivity index (χ0n) is 21.0. The number of carbonyl (C=O) groups is 2. The van der Waals surface area contributed by atoms with E-state index in [1.54, 1.807) is 12.1 Å². The predicted molar refractivity (Wildman–Crippen MR) is 142 cm³/mol. The molecule has 0 aliphatic heterocycles. The molecule has 0 aliphatic rings. The van der Waals surface area contributed by atoms with Crippen LogP contribution in [-0.4, -0.2) is 24.9 Å². The molecular formula is C29H20F6O5S. The molecule has 0 bridgehead atoms. The average molecular weight is 595 g/mol. The topological polar surface area (TPSA) is 61.8 Å². The van der Waals surface area contributed by atoms with Crippen LogP contribution >= 0.6 is 11.3 Å². The highest BCUT2D eigenvalue weighted by Gasteiger charge is 2.38. The van der Waals surface area contributed by atoms with E-state index in [2.05, 4.69) is 17.9 Å². The minimum Gasteiger partial charge on any atom is -0.463 e. The summed E-state index contributed by atoms with van der Waals surface area (Å²) in [6.07, 6.45) is -7.32. The number of hydrogen-bond donors (Lipinski definition) is 0. The van der Waals surface area contributed by atoms with Gasteiger partial charge >= 0.3 is 24.5 Å². The van der Waals surface area contributed by atoms with Crippen molar-refractivity contribution < 1.29 is 50.1 Å². The molecule has 5 nitrogen and oxygen atoms in total. The van der Waals surface area contributed by atoms with Gasteiger partial charge in [-0.2, -0.15) is 13.2 Å². The fraction of sp³-hybridized carbons (Fsp3) is 0.172. The number of aryl methyl sites for hydroxylation is 1. The third kappa shape index (κ3) is 6.71. The maximum Gasteiger partial charge on any atom is 0.573 e. The van der Waals surface area contributed by atoms with Crippen LogP contribution in [0.25, 0.3) is 31.3 Å². The second-order valence-electron chi connectivity index (χ2n) is 8.58. The molecule has 0 amide bonds. The van der Waals surface area contributed by atoms with E-state index in [0.717, 1.165) is 23.8 Å². The summed E-state index contributed by atoms with van der Waals surface area (Å²) < 4.78 is 96.7. The molecule has 4 rings (SSSR count). The molecule has 0 aliphatic carbocycles. The van der Waals surface area contributed by atoms with Crippen molar-refractivity contribution in [2.24, 2.45) is 0 Å². The normalized spacial score (nSPS) is 11.9. The number of hydrogen-bond acceptors (Lipinski definition) is 6. The first-order chi connectivity index (χ1) is 19.3. The van der Waals surface area contributed by atoms with Crippen molar-refractivity contribution in [1.29, 1.82) is 0 Å². The Bertz CT molecular complexity index is 1630. The van der Waals surface area contributed by atoms with Crippen molar-refractivity contribution in [2.45, 2.75) is 25.4 Å². The lowest BCUT2D eigenvalue weighted by atomic mass is 9.95. The standard InChI is InChI=1S/C29H20F6O5S/c1-3-22(36)38-15-5-6-16-7-9-17(10-8-16)18-11-12-19-20-13-14-21(39-23(37)4-2)25(40-29(33,34)35)27(20)41-26(19)24(18)28(30,31)32/h3-4,7-14H,1-2,5-6,15H2. The second kappa shape index (κ2) is 11.7. The Morgan fingerprint density at radius 2 is 1.46 bits per heavy atom. The number of rotatable bonds is 9. The van der Waals surface area contributed by atoms with Gasteiger partial charge in [-0.05, 0) is 41.7 Å². The van der Waals surface area contributed by atoms with E-state index >= 15 is 0 Å². The third-order valence-corrected chi connectivity index (χ3v) is 7.13. The second-order valence-corrected chi connectivity index (χ2v) is 9.60. The number of halogens is 6. The SMILES string of the molecule is C=CC(=O)OCCCc1ccc(-c2ccc3c(sc4c(OC(F)(F)F)c(OC(=O)C=C)ccc43)c2C(F)(F)F)cc1. The molecule has 0 N–H and O–H groups in total. The van der Waals surface area contributed by atoms with Gasteiger partial charge in [-0.1, -0.05) is 49.6 Å². The minimum absolute atomic E-state index is 0.0559. The molecule has 214 valence electrons. The van der Waals surface area contributed by atoms with Gasteiger partial charge in [0.2, 0.25) is 0 Å². The molecule has 41 heavy (non-hydrogen) atoms. The van der Waals surface area contributed by atoms with Crippen molar-refractivity contribution in [1.82, 2.24) is 0 Å². The van der Waals surface area contributed by atoms with Crippen molar-refractivity contribution in [3.8, 4) is 22.6 Å². The molecule has 0 spiro atoms. The van der Waals surface area contributed by atoms with E-state index in [1.807, 2.05) is 0 Å². The monoisotopic (exact) mass is 594 g/mol. The van der Waals surface area contributed by atoms with Gasteiger partial charge in [-0.3, -0.25) is 0 Å². The van der Waals surface area contributed by atoms with Crippen LogP contribution in [0.15, 0.2) is 73.8 Å². The van der Waals surface area contributed by atoms with Gasteiger partial charge in [0.15, 0.2) is 11.5 Å². The summed E-state index contributed by atoms with van der Waals surface area (Å²) in [6.45, 7) is 6.64. The molecular weight excluding hydrogens is 574 g/mol. The van der Waals surface area contributed by atoms with E-state index in [4.69, 9.17) is 9.47 Å². The molecule has 3 aromatic carbocycles. The van der Waals surface area contributed by atoms with Gasteiger partial charge in [-0.15, -0.1) is 24.5 Å². The minimum atomic E-state index is -5.22. The Labute approximate surface area is 233 Å². The van der Waals surface area contributed by atoms with Gasteiger partial charge in [-0.25, -0.2) is 9.59 Å². The summed E-state index contributed by atoms with van der Waals surface area (Å²) >= 11 is 0.450. The predicted octanol–water partition coefficient (Wildman–Crippen LogP) is 8.39. The quantitative estimate of drug-likeness (QED) is 0.0641. The van der Waals surface area contributed by atoms with Crippen LogP contribution in [0.2, 0.25) is 0 Å². The molecule has 1 heterocycles. The fourth-order valence-corrected chi connectivity index (χ4v) is 5.53. The fourth-order valence-electron chi connectivity index (χ4n) is 4.18. The van der Waals surface area contributed by atoms with Crippen LogP contribution in [-0.2, 0) is 26.9 Å². The van der Waals surface area contributed by atoms with Crippen LogP contribution in [0.4, 0.5) is 26.3 Å². The number of benzene rings is 3. The van der Waals surface area contributed by atoms with E-state index in [9.17, 15) is 35.9 Å². The first-order valence-electron chi connectivity index (χ1n) is 11.9. The summed E-state index contributed by atoms with van der Waals surface area (Å²) in [5, 5.41) is 0.118. The smallest absolute Gasteiger partial charge is 0.463 e. The largest absolute Gasteiger partial charge is 0.573 e. The number of esters is 2. The number of carbonyl (C=O) groups excluding carboxylic acids is 2. The Morgan fingerprint density at radius 3 is 2.07 bits per heavy atom. The molecule has 12 heteroatoms. The van der Waals surface area contributed by atoms with Gasteiger partial charge in [0.1, 0.15) is 0 Å². The molecule has 4 aromatic rings. The van der Waals surface area contributed by atoms with Crippen molar-refractivity contribution >= 4 is 43.4 Å². The lowest BCUT2D eigenvalue weighted by Gasteiger charge is -2.15. The zero-order valence-corrected chi connectivity index (χ0v) is 21.8. The Kier molecular flexibility index (Phi) is 8.43. The van der Waals surface area contributed by atoms with Gasteiger partial charge in [0, 0.05) is 27.6 Å². The highest BCUT2D eigenvalue weighted by Crippen LogP contribution is 2.51. The molecule has 0 fully saturated rings. The Balaban J connectivity index is 1.81. The maximum absolute atomic E-state index is 14.5. The van der Waals surface area contributed by atoms with Crippen molar-refractivity contribution in [3.05, 3.63) is 85.0 Å². The van der Waals surface area contributed by atoms with Crippen molar-refractivity contribution in [2.75, 3.05) is 6.61 Å². The van der Waals surface area contributed by atoms with Crippen LogP contribution in [0, 0.1) is 0 Å². The van der Waals surface area contributed by atoms with Crippen LogP contribution in [0.1, 0.15) is 17.5 Å². The summed E-state index contributed by atoms with van der Waals surface area (Å²) in [6, 6.07) is 11.3. The highest BCUT2D eigenvalue weighted by atomic mass is 32.1. The average Bonchev–Trinajstić information content (AvgIpc) is 3.29. The van der Waals surface area contributed by atoms with Crippen LogP contribution < -0.4 is 9.47 Å². The summed E-state index contributed by atoms with van der Waals surface area (Å²) in [5.74, 6) is -3.17. The highest BCUT2D eigenvalue weighted by molar-refractivity contribution is 7.26. The number of fused-ring (bicyclic) bond motifs is 3. The summed E-state index contributed by atoms with van der Waals surface area (Å²) in [4.78, 5) is 22.8. The number of ether oxygens (including phenoxy) is 3. The third-order valence-electron chi connectivity index (χ3n) is 5.89. The lowest BCUT2D eigenvalue weighted by Crippen LogP contribution is -2.18. The Morgan fingerprint density at radius 1 is 0.829 bits per heavy atom. The van der Waals surface area contributed by atoms with E-state index < -0.39 is 41.5 Å². The van der Waals surface area contributed by atoms with Gasteiger partial charge in [0.25, 0.3) is 0 Å². The van der Waals surface area contributed by atoms with E-state index in [-0.39, 0.29) is 37.9 Å². The first-order valence-corrected chi connectivity index (χ1v) is 12.7. The van der Waals surface area contributed by atoms with Crippen LogP contribution in [0.5, 0.6) is 11.5 Å². The van der Waals surface area contributed by atoms with Gasteiger partial charge < -0.3 is 14.2 Å². The maximum atomic E-state index is 14.5. The van der Waals surface area contributed by atoms with Crippen LogP contribution in [0.3, 0.4) is 0 Å². The van der Waals surface area contributed by atoms with Gasteiger partial charge in [0.05, 0.1) is 16.9 Å². The lowest BCUT2D eigenvalue weighted by molar-refractivity contribution is -0.274. The van der Waals surface area contributed by atoms with E-state index in [0.29, 0.717) is 24.2 Å². The van der Waals surface area contributed by atoms with E-state index in [1.165, 1.54) is 30.3 Å². The van der Waals surface area contributed by atoms with Crippen molar-refractivity contribution in [3.63, 3.8) is 0 Å². The molecule has 0 saturated carbocycles. The molecule has 1 aromatic heterocycles. The molecule has 0 atom stereocenters. The molecule has 0 unspecified atom stereocenters. The Hall–Kier alpha value is -4.32. The first kappa shape index (κ1) is 29.7.